The Balaban J connectivity index is 1.53. The van der Waals surface area contributed by atoms with Crippen LogP contribution < -0.4 is 10.9 Å². The highest BCUT2D eigenvalue weighted by molar-refractivity contribution is 5.76. The van der Waals surface area contributed by atoms with Crippen molar-refractivity contribution in [2.45, 2.75) is 83.4 Å². The van der Waals surface area contributed by atoms with Crippen LogP contribution in [-0.2, 0) is 4.74 Å². The number of carbonyl (C=O) groups excluding carboxylic acids is 1. The standard InChI is InChI=1S/C23H31F2N5O3/c1-23(2,3)33-22(32)29-10-8-15(9-11-29)27-21-26-13-14-12-17(18(24)25)20(31)30(19(14)28-21)16-6-4-5-7-16/h12-13,15-16,18H,4-11H2,1-3H3,(H,26,27,28). The molecule has 0 spiro atoms. The molecule has 4 rings (SSSR count). The van der Waals surface area contributed by atoms with E-state index in [9.17, 15) is 18.4 Å². The zero-order valence-corrected chi connectivity index (χ0v) is 19.3. The van der Waals surface area contributed by atoms with E-state index in [1.165, 1.54) is 16.8 Å². The quantitative estimate of drug-likeness (QED) is 0.710. The summed E-state index contributed by atoms with van der Waals surface area (Å²) in [6.45, 7) is 6.61. The van der Waals surface area contributed by atoms with Crippen LogP contribution in [0.1, 0.15) is 77.3 Å². The molecular weight excluding hydrogens is 432 g/mol. The molecular formula is C23H31F2N5O3. The van der Waals surface area contributed by atoms with E-state index in [4.69, 9.17) is 4.74 Å². The van der Waals surface area contributed by atoms with Gasteiger partial charge in [-0.1, -0.05) is 12.8 Å². The number of halogens is 2. The molecule has 1 N–H and O–H groups in total. The number of ether oxygens (including phenoxy) is 1. The van der Waals surface area contributed by atoms with Crippen molar-refractivity contribution in [3.8, 4) is 0 Å². The van der Waals surface area contributed by atoms with Crippen LogP contribution in [-0.4, -0.2) is 50.3 Å². The Morgan fingerprint density at radius 3 is 2.45 bits per heavy atom. The summed E-state index contributed by atoms with van der Waals surface area (Å²) in [4.78, 5) is 35.7. The number of hydrogen-bond acceptors (Lipinski definition) is 6. The highest BCUT2D eigenvalue weighted by Gasteiger charge is 2.28. The van der Waals surface area contributed by atoms with Crippen LogP contribution in [0.5, 0.6) is 0 Å². The number of likely N-dealkylation sites (tertiary alicyclic amines) is 1. The molecule has 33 heavy (non-hydrogen) atoms. The van der Waals surface area contributed by atoms with Crippen LogP contribution >= 0.6 is 0 Å². The predicted octanol–water partition coefficient (Wildman–Crippen LogP) is 4.66. The third-order valence-corrected chi connectivity index (χ3v) is 6.21. The van der Waals surface area contributed by atoms with Gasteiger partial charge in [-0.05, 0) is 52.5 Å². The van der Waals surface area contributed by atoms with Crippen LogP contribution in [0.2, 0.25) is 0 Å². The van der Waals surface area contributed by atoms with Crippen LogP contribution in [0.25, 0.3) is 11.0 Å². The molecule has 3 heterocycles. The Hall–Kier alpha value is -2.78. The maximum atomic E-state index is 13.5. The number of alkyl halides is 2. The molecule has 2 aromatic rings. The number of amides is 1. The van der Waals surface area contributed by atoms with E-state index in [0.29, 0.717) is 42.9 Å². The summed E-state index contributed by atoms with van der Waals surface area (Å²) in [6.07, 6.45) is 3.20. The lowest BCUT2D eigenvalue weighted by atomic mass is 10.1. The minimum absolute atomic E-state index is 0.0492. The molecule has 1 saturated carbocycles. The summed E-state index contributed by atoms with van der Waals surface area (Å²) in [5.41, 5.74) is -1.32. The molecule has 1 amide bonds. The van der Waals surface area contributed by atoms with E-state index in [0.717, 1.165) is 25.7 Å². The molecule has 180 valence electrons. The number of hydrogen-bond donors (Lipinski definition) is 1. The average molecular weight is 464 g/mol. The molecule has 0 unspecified atom stereocenters. The van der Waals surface area contributed by atoms with Gasteiger partial charge >= 0.3 is 6.09 Å². The summed E-state index contributed by atoms with van der Waals surface area (Å²) in [5.74, 6) is 0.356. The molecule has 2 aliphatic rings. The third-order valence-electron chi connectivity index (χ3n) is 6.21. The Bertz CT molecular complexity index is 1070. The van der Waals surface area contributed by atoms with Crippen molar-refractivity contribution in [2.24, 2.45) is 0 Å². The first kappa shape index (κ1) is 23.4. The van der Waals surface area contributed by atoms with Gasteiger partial charge < -0.3 is 15.0 Å². The number of pyridine rings is 1. The Morgan fingerprint density at radius 2 is 1.85 bits per heavy atom. The van der Waals surface area contributed by atoms with E-state index in [2.05, 4.69) is 15.3 Å². The number of carbonyl (C=O) groups is 1. The monoisotopic (exact) mass is 463 g/mol. The van der Waals surface area contributed by atoms with Gasteiger partial charge in [-0.25, -0.2) is 18.6 Å². The SMILES string of the molecule is CC(C)(C)OC(=O)N1CCC(Nc2ncc3cc(C(F)F)c(=O)n(C4CCCC4)c3n2)CC1. The molecule has 8 nitrogen and oxygen atoms in total. The van der Waals surface area contributed by atoms with Crippen LogP contribution in [0.4, 0.5) is 19.5 Å². The lowest BCUT2D eigenvalue weighted by molar-refractivity contribution is 0.0210. The molecule has 0 atom stereocenters. The lowest BCUT2D eigenvalue weighted by Gasteiger charge is -2.33. The normalized spacial score (nSPS) is 18.3. The predicted molar refractivity (Wildman–Crippen MR) is 121 cm³/mol. The molecule has 1 aliphatic heterocycles. The first-order chi connectivity index (χ1) is 15.6. The van der Waals surface area contributed by atoms with Gasteiger partial charge in [0.15, 0.2) is 0 Å². The van der Waals surface area contributed by atoms with Gasteiger partial charge in [0.1, 0.15) is 11.2 Å². The number of piperidine rings is 1. The molecule has 1 aliphatic carbocycles. The van der Waals surface area contributed by atoms with E-state index in [-0.39, 0.29) is 18.2 Å². The van der Waals surface area contributed by atoms with Crippen LogP contribution in [0.15, 0.2) is 17.1 Å². The van der Waals surface area contributed by atoms with E-state index in [1.54, 1.807) is 4.90 Å². The van der Waals surface area contributed by atoms with Gasteiger partial charge in [0.2, 0.25) is 5.95 Å². The first-order valence-electron chi connectivity index (χ1n) is 11.6. The summed E-state index contributed by atoms with van der Waals surface area (Å²) in [6, 6.07) is 1.13. The van der Waals surface area contributed by atoms with E-state index < -0.39 is 23.1 Å². The zero-order chi connectivity index (χ0) is 23.8. The Labute approximate surface area is 191 Å². The molecule has 0 aromatic carbocycles. The minimum atomic E-state index is -2.84. The highest BCUT2D eigenvalue weighted by Crippen LogP contribution is 2.32. The lowest BCUT2D eigenvalue weighted by Crippen LogP contribution is -2.44. The number of anilines is 1. The molecule has 2 fully saturated rings. The fourth-order valence-corrected chi connectivity index (χ4v) is 4.58. The van der Waals surface area contributed by atoms with Crippen molar-refractivity contribution in [1.82, 2.24) is 19.4 Å². The smallest absolute Gasteiger partial charge is 0.410 e. The summed E-state index contributed by atoms with van der Waals surface area (Å²) >= 11 is 0. The van der Waals surface area contributed by atoms with Crippen LogP contribution in [0.3, 0.4) is 0 Å². The second-order valence-electron chi connectivity index (χ2n) is 9.87. The number of fused-ring (bicyclic) bond motifs is 1. The molecule has 0 bridgehead atoms. The van der Waals surface area contributed by atoms with Gasteiger partial charge in [0.25, 0.3) is 12.0 Å². The van der Waals surface area contributed by atoms with Gasteiger partial charge in [-0.2, -0.15) is 4.98 Å². The first-order valence-corrected chi connectivity index (χ1v) is 11.6. The second-order valence-corrected chi connectivity index (χ2v) is 9.87. The van der Waals surface area contributed by atoms with Crippen LogP contribution in [0, 0.1) is 0 Å². The van der Waals surface area contributed by atoms with Crippen molar-refractivity contribution in [1.29, 1.82) is 0 Å². The minimum Gasteiger partial charge on any atom is -0.444 e. The molecule has 0 radical (unpaired) electrons. The molecule has 1 saturated heterocycles. The molecule has 2 aromatic heterocycles. The summed E-state index contributed by atoms with van der Waals surface area (Å²) < 4.78 is 33.9. The van der Waals surface area contributed by atoms with Crippen molar-refractivity contribution in [3.05, 3.63) is 28.2 Å². The summed E-state index contributed by atoms with van der Waals surface area (Å²) in [5, 5.41) is 3.72. The Kier molecular flexibility index (Phi) is 6.54. The fourth-order valence-electron chi connectivity index (χ4n) is 4.58. The average Bonchev–Trinajstić information content (AvgIpc) is 3.26. The maximum absolute atomic E-state index is 13.5. The maximum Gasteiger partial charge on any atom is 0.410 e. The van der Waals surface area contributed by atoms with Crippen molar-refractivity contribution in [2.75, 3.05) is 18.4 Å². The number of nitrogens with one attached hydrogen (secondary N) is 1. The zero-order valence-electron chi connectivity index (χ0n) is 19.3. The molecule has 10 heteroatoms. The topological polar surface area (TPSA) is 89.4 Å². The van der Waals surface area contributed by atoms with E-state index in [1.807, 2.05) is 20.8 Å². The van der Waals surface area contributed by atoms with Crippen molar-refractivity contribution >= 4 is 23.1 Å². The number of nitrogens with zero attached hydrogens (tertiary/aromatic N) is 4. The van der Waals surface area contributed by atoms with Gasteiger partial charge in [0.05, 0.1) is 5.56 Å². The Morgan fingerprint density at radius 1 is 1.18 bits per heavy atom. The van der Waals surface area contributed by atoms with Gasteiger partial charge in [-0.15, -0.1) is 0 Å². The highest BCUT2D eigenvalue weighted by atomic mass is 19.3. The van der Waals surface area contributed by atoms with Crippen molar-refractivity contribution in [3.63, 3.8) is 0 Å². The largest absolute Gasteiger partial charge is 0.444 e. The fraction of sp³-hybridized carbons (Fsp3) is 0.652. The summed E-state index contributed by atoms with van der Waals surface area (Å²) in [7, 11) is 0. The van der Waals surface area contributed by atoms with Crippen molar-refractivity contribution < 1.29 is 18.3 Å². The third kappa shape index (κ3) is 5.25. The number of rotatable bonds is 4. The van der Waals surface area contributed by atoms with E-state index >= 15 is 0 Å². The van der Waals surface area contributed by atoms with Gasteiger partial charge in [0, 0.05) is 36.8 Å². The second kappa shape index (κ2) is 9.23. The number of aromatic nitrogens is 3. The van der Waals surface area contributed by atoms with Gasteiger partial charge in [-0.3, -0.25) is 9.36 Å².